The molecule has 0 saturated heterocycles. The molecule has 10 aromatic rings. The lowest BCUT2D eigenvalue weighted by Gasteiger charge is -2.41. The Balaban J connectivity index is 1.18. The van der Waals surface area contributed by atoms with Crippen molar-refractivity contribution in [1.82, 2.24) is 0 Å². The zero-order chi connectivity index (χ0) is 34.7. The lowest BCUT2D eigenvalue weighted by atomic mass is 9.66. The molecule has 0 N–H and O–H groups in total. The van der Waals surface area contributed by atoms with Crippen molar-refractivity contribution in [1.29, 1.82) is 0 Å². The van der Waals surface area contributed by atoms with Gasteiger partial charge in [0.25, 0.3) is 0 Å². The van der Waals surface area contributed by atoms with Gasteiger partial charge in [0.2, 0.25) is 0 Å². The van der Waals surface area contributed by atoms with Crippen LogP contribution in [0.5, 0.6) is 11.5 Å². The highest BCUT2D eigenvalue weighted by molar-refractivity contribution is 7.25. The average Bonchev–Trinajstić information content (AvgIpc) is 3.86. The third-order valence-corrected chi connectivity index (χ3v) is 12.5. The Kier molecular flexibility index (Phi) is 5.86. The largest absolute Gasteiger partial charge is 0.456 e. The third kappa shape index (κ3) is 3.88. The molecule has 3 nitrogen and oxygen atoms in total. The van der Waals surface area contributed by atoms with E-state index in [1.165, 1.54) is 42.4 Å². The van der Waals surface area contributed by atoms with Gasteiger partial charge in [0.05, 0.1) is 11.1 Å². The maximum atomic E-state index is 7.18. The number of nitrogens with zero attached hydrogens (tertiary/aromatic N) is 1. The Morgan fingerprint density at radius 3 is 2.09 bits per heavy atom. The molecule has 4 heteroatoms. The topological polar surface area (TPSA) is 25.6 Å². The smallest absolute Gasteiger partial charge is 0.156 e. The van der Waals surface area contributed by atoms with Gasteiger partial charge in [-0.2, -0.15) is 0 Å². The van der Waals surface area contributed by atoms with Gasteiger partial charge in [-0.15, -0.1) is 11.3 Å². The summed E-state index contributed by atoms with van der Waals surface area (Å²) in [5.41, 5.74) is 11.6. The van der Waals surface area contributed by atoms with Crippen molar-refractivity contribution in [2.45, 2.75) is 5.41 Å². The summed E-state index contributed by atoms with van der Waals surface area (Å²) in [5.74, 6) is 1.72. The van der Waals surface area contributed by atoms with Gasteiger partial charge in [0.1, 0.15) is 16.9 Å². The minimum atomic E-state index is -0.601. The van der Waals surface area contributed by atoms with Crippen LogP contribution in [0.4, 0.5) is 17.1 Å². The second-order valence-corrected chi connectivity index (χ2v) is 15.1. The van der Waals surface area contributed by atoms with E-state index in [-0.39, 0.29) is 0 Å². The van der Waals surface area contributed by atoms with Gasteiger partial charge in [-0.1, -0.05) is 109 Å². The molecule has 0 bridgehead atoms. The number of thiophene rings is 1. The highest BCUT2D eigenvalue weighted by atomic mass is 32.1. The standard InChI is InChI=1S/C49H29NO2S/c1-2-13-30(14-3-1)50(31-25-26-44-36(27-31)33-16-5-9-22-43(33)51-44)42-21-12-20-40-48(42)52-45-23-10-8-19-39(45)49(40)38-18-7-4-15-32(38)35-29-47-37(28-41(35)49)34-17-6-11-24-46(34)53-47/h1-29H. The number of ether oxygens (including phenoxy) is 1. The summed E-state index contributed by atoms with van der Waals surface area (Å²) in [6, 6.07) is 63.4. The van der Waals surface area contributed by atoms with Crippen LogP contribution < -0.4 is 9.64 Å². The maximum Gasteiger partial charge on any atom is 0.156 e. The van der Waals surface area contributed by atoms with Crippen molar-refractivity contribution in [2.24, 2.45) is 0 Å². The van der Waals surface area contributed by atoms with Crippen molar-refractivity contribution in [3.8, 4) is 22.6 Å². The van der Waals surface area contributed by atoms with Gasteiger partial charge in [0, 0.05) is 53.4 Å². The molecular formula is C49H29NO2S. The summed E-state index contributed by atoms with van der Waals surface area (Å²) >= 11 is 1.87. The highest BCUT2D eigenvalue weighted by Crippen LogP contribution is 2.64. The van der Waals surface area contributed by atoms with Crippen LogP contribution in [0.15, 0.2) is 180 Å². The van der Waals surface area contributed by atoms with Crippen molar-refractivity contribution >= 4 is 70.5 Å². The zero-order valence-corrected chi connectivity index (χ0v) is 29.2. The molecule has 1 unspecified atom stereocenters. The van der Waals surface area contributed by atoms with Crippen LogP contribution in [0, 0.1) is 0 Å². The Bertz CT molecular complexity index is 3120. The minimum Gasteiger partial charge on any atom is -0.456 e. The molecule has 0 saturated carbocycles. The first kappa shape index (κ1) is 29.0. The Morgan fingerprint density at radius 1 is 0.434 bits per heavy atom. The average molecular weight is 696 g/mol. The Labute approximate surface area is 309 Å². The molecule has 2 aromatic heterocycles. The Hall–Kier alpha value is -6.62. The predicted molar refractivity (Wildman–Crippen MR) is 219 cm³/mol. The van der Waals surface area contributed by atoms with Crippen LogP contribution in [0.1, 0.15) is 22.3 Å². The van der Waals surface area contributed by atoms with Crippen LogP contribution in [-0.2, 0) is 5.41 Å². The number of anilines is 3. The van der Waals surface area contributed by atoms with Crippen LogP contribution in [0.2, 0.25) is 0 Å². The van der Waals surface area contributed by atoms with Gasteiger partial charge in [0.15, 0.2) is 5.75 Å². The SMILES string of the molecule is c1ccc(N(c2ccc3oc4ccccc4c3c2)c2cccc3c2Oc2ccccc2C32c3ccccc3-c3cc4sc5ccccc5c4cc32)cc1. The predicted octanol–water partition coefficient (Wildman–Crippen LogP) is 13.9. The first-order valence-corrected chi connectivity index (χ1v) is 18.8. The van der Waals surface area contributed by atoms with Gasteiger partial charge in [-0.3, -0.25) is 0 Å². The molecule has 1 atom stereocenters. The van der Waals surface area contributed by atoms with E-state index in [1.807, 2.05) is 23.5 Å². The molecular weight excluding hydrogens is 667 g/mol. The van der Waals surface area contributed by atoms with E-state index >= 15 is 0 Å². The molecule has 12 rings (SSSR count). The molecule has 8 aromatic carbocycles. The number of fused-ring (bicyclic) bond motifs is 15. The van der Waals surface area contributed by atoms with Gasteiger partial charge in [-0.25, -0.2) is 0 Å². The summed E-state index contributed by atoms with van der Waals surface area (Å²) in [5, 5.41) is 4.78. The van der Waals surface area contributed by atoms with Gasteiger partial charge in [-0.05, 0) is 89.0 Å². The number of furan rings is 1. The van der Waals surface area contributed by atoms with Gasteiger partial charge < -0.3 is 14.1 Å². The molecule has 1 aliphatic carbocycles. The van der Waals surface area contributed by atoms with Crippen LogP contribution >= 0.6 is 11.3 Å². The molecule has 1 spiro atoms. The van der Waals surface area contributed by atoms with E-state index < -0.39 is 5.41 Å². The van der Waals surface area contributed by atoms with E-state index in [0.29, 0.717) is 0 Å². The first-order chi connectivity index (χ1) is 26.3. The summed E-state index contributed by atoms with van der Waals surface area (Å²) < 4.78 is 16.1. The molecule has 0 fully saturated rings. The van der Waals surface area contributed by atoms with E-state index in [0.717, 1.165) is 61.6 Å². The number of rotatable bonds is 3. The van der Waals surface area contributed by atoms with Crippen LogP contribution in [-0.4, -0.2) is 0 Å². The van der Waals surface area contributed by atoms with Crippen molar-refractivity contribution < 1.29 is 9.15 Å². The number of benzene rings is 8. The summed E-state index contributed by atoms with van der Waals surface area (Å²) in [4.78, 5) is 2.33. The molecule has 0 amide bonds. The van der Waals surface area contributed by atoms with E-state index in [1.54, 1.807) is 0 Å². The monoisotopic (exact) mass is 695 g/mol. The number of hydrogen-bond donors (Lipinski definition) is 0. The van der Waals surface area contributed by atoms with Crippen molar-refractivity contribution in [3.63, 3.8) is 0 Å². The molecule has 248 valence electrons. The third-order valence-electron chi connectivity index (χ3n) is 11.3. The van der Waals surface area contributed by atoms with Gasteiger partial charge >= 0.3 is 0 Å². The number of hydrogen-bond acceptors (Lipinski definition) is 4. The molecule has 3 heterocycles. The highest BCUT2D eigenvalue weighted by Gasteiger charge is 2.52. The molecule has 2 aliphatic rings. The van der Waals surface area contributed by atoms with E-state index in [4.69, 9.17) is 9.15 Å². The summed E-state index contributed by atoms with van der Waals surface area (Å²) in [6.07, 6.45) is 0. The minimum absolute atomic E-state index is 0.601. The molecule has 0 radical (unpaired) electrons. The lowest BCUT2D eigenvalue weighted by Crippen LogP contribution is -2.32. The second kappa shape index (κ2) is 10.7. The number of para-hydroxylation sites is 4. The normalized spacial score (nSPS) is 15.4. The molecule has 1 aliphatic heterocycles. The van der Waals surface area contributed by atoms with E-state index in [2.05, 4.69) is 169 Å². The summed E-state index contributed by atoms with van der Waals surface area (Å²) in [7, 11) is 0. The van der Waals surface area contributed by atoms with Crippen molar-refractivity contribution in [2.75, 3.05) is 4.90 Å². The lowest BCUT2D eigenvalue weighted by molar-refractivity contribution is 0.437. The fourth-order valence-corrected chi connectivity index (χ4v) is 10.3. The maximum absolute atomic E-state index is 7.18. The van der Waals surface area contributed by atoms with Crippen molar-refractivity contribution in [3.05, 3.63) is 198 Å². The second-order valence-electron chi connectivity index (χ2n) is 14.0. The molecule has 53 heavy (non-hydrogen) atoms. The van der Waals surface area contributed by atoms with Crippen LogP contribution in [0.3, 0.4) is 0 Å². The first-order valence-electron chi connectivity index (χ1n) is 18.0. The fourth-order valence-electron chi connectivity index (χ4n) is 9.16. The zero-order valence-electron chi connectivity index (χ0n) is 28.4. The Morgan fingerprint density at radius 2 is 1.17 bits per heavy atom. The summed E-state index contributed by atoms with van der Waals surface area (Å²) in [6.45, 7) is 0. The van der Waals surface area contributed by atoms with Crippen LogP contribution in [0.25, 0.3) is 53.2 Å². The van der Waals surface area contributed by atoms with E-state index in [9.17, 15) is 0 Å². The quantitative estimate of drug-likeness (QED) is 0.184. The fraction of sp³-hybridized carbons (Fsp3) is 0.0204.